The first-order valence-corrected chi connectivity index (χ1v) is 6.35. The van der Waals surface area contributed by atoms with Gasteiger partial charge in [0, 0.05) is 35.7 Å². The molecule has 1 aliphatic heterocycles. The fourth-order valence-electron chi connectivity index (χ4n) is 1.99. The molecule has 0 saturated carbocycles. The molecule has 6 heteroatoms. The summed E-state index contributed by atoms with van der Waals surface area (Å²) < 4.78 is 13.8. The highest BCUT2D eigenvalue weighted by Gasteiger charge is 2.24. The van der Waals surface area contributed by atoms with E-state index in [1.54, 1.807) is 11.0 Å². The van der Waals surface area contributed by atoms with Crippen molar-refractivity contribution in [2.75, 3.05) is 19.6 Å². The highest BCUT2D eigenvalue weighted by atomic mass is 79.9. The highest BCUT2D eigenvalue weighted by Crippen LogP contribution is 2.17. The Hall–Kier alpha value is -0.650. The number of nitrogens with zero attached hydrogens (tertiary/aromatic N) is 1. The van der Waals surface area contributed by atoms with Crippen LogP contribution in [-0.4, -0.2) is 36.5 Å². The third kappa shape index (κ3) is 3.43. The van der Waals surface area contributed by atoms with Crippen molar-refractivity contribution in [1.82, 2.24) is 10.2 Å². The molecule has 1 aromatic carbocycles. The first-order chi connectivity index (χ1) is 8.08. The maximum atomic E-state index is 13.2. The predicted octanol–water partition coefficient (Wildman–Crippen LogP) is 2.44. The van der Waals surface area contributed by atoms with Gasteiger partial charge in [0.25, 0.3) is 5.91 Å². The topological polar surface area (TPSA) is 32.3 Å². The van der Waals surface area contributed by atoms with Crippen LogP contribution >= 0.6 is 28.3 Å². The van der Waals surface area contributed by atoms with Gasteiger partial charge in [-0.15, -0.1) is 12.4 Å². The first-order valence-electron chi connectivity index (χ1n) is 5.55. The van der Waals surface area contributed by atoms with Crippen molar-refractivity contribution in [3.05, 3.63) is 34.1 Å². The molecule has 0 bridgehead atoms. The molecule has 1 atom stereocenters. The summed E-state index contributed by atoms with van der Waals surface area (Å²) in [4.78, 5) is 14.0. The number of hydrogen-bond acceptors (Lipinski definition) is 2. The number of halogens is 3. The van der Waals surface area contributed by atoms with Crippen LogP contribution in [0.3, 0.4) is 0 Å². The van der Waals surface area contributed by atoms with E-state index in [1.807, 2.05) is 6.92 Å². The van der Waals surface area contributed by atoms with Crippen molar-refractivity contribution in [3.63, 3.8) is 0 Å². The van der Waals surface area contributed by atoms with E-state index in [1.165, 1.54) is 12.1 Å². The quantitative estimate of drug-likeness (QED) is 0.854. The Labute approximate surface area is 120 Å². The Kier molecular flexibility index (Phi) is 5.56. The summed E-state index contributed by atoms with van der Waals surface area (Å²) in [5.41, 5.74) is 0.394. The molecule has 0 aromatic heterocycles. The summed E-state index contributed by atoms with van der Waals surface area (Å²) in [5.74, 6) is -0.510. The molecule has 1 heterocycles. The van der Waals surface area contributed by atoms with Gasteiger partial charge in [-0.3, -0.25) is 4.79 Å². The summed E-state index contributed by atoms with van der Waals surface area (Å²) in [6, 6.07) is 4.42. The van der Waals surface area contributed by atoms with E-state index in [0.29, 0.717) is 16.6 Å². The van der Waals surface area contributed by atoms with Crippen LogP contribution in [0.15, 0.2) is 22.7 Å². The van der Waals surface area contributed by atoms with Gasteiger partial charge in [0.05, 0.1) is 0 Å². The molecule has 0 radical (unpaired) electrons. The number of carbonyl (C=O) groups is 1. The molecule has 2 rings (SSSR count). The van der Waals surface area contributed by atoms with Gasteiger partial charge >= 0.3 is 0 Å². The number of amides is 1. The molecule has 1 amide bonds. The van der Waals surface area contributed by atoms with Crippen molar-refractivity contribution in [2.24, 2.45) is 0 Å². The molecule has 18 heavy (non-hydrogen) atoms. The molecular weight excluding hydrogens is 322 g/mol. The molecule has 1 fully saturated rings. The Balaban J connectivity index is 0.00000162. The minimum atomic E-state index is -0.398. The predicted molar refractivity (Wildman–Crippen MR) is 74.7 cm³/mol. The lowest BCUT2D eigenvalue weighted by atomic mass is 10.1. The van der Waals surface area contributed by atoms with Crippen LogP contribution in [0.25, 0.3) is 0 Å². The van der Waals surface area contributed by atoms with Crippen molar-refractivity contribution < 1.29 is 9.18 Å². The fourth-order valence-corrected chi connectivity index (χ4v) is 2.45. The largest absolute Gasteiger partial charge is 0.333 e. The van der Waals surface area contributed by atoms with Crippen molar-refractivity contribution in [2.45, 2.75) is 13.0 Å². The molecule has 0 aliphatic carbocycles. The van der Waals surface area contributed by atoms with Crippen LogP contribution in [0.1, 0.15) is 17.3 Å². The third-order valence-corrected chi connectivity index (χ3v) is 3.33. The van der Waals surface area contributed by atoms with E-state index in [0.717, 1.165) is 13.1 Å². The second-order valence-electron chi connectivity index (χ2n) is 4.21. The second-order valence-corrected chi connectivity index (χ2v) is 5.13. The van der Waals surface area contributed by atoms with Gasteiger partial charge in [0.2, 0.25) is 0 Å². The van der Waals surface area contributed by atoms with E-state index in [9.17, 15) is 9.18 Å². The highest BCUT2D eigenvalue weighted by molar-refractivity contribution is 9.10. The Morgan fingerprint density at radius 1 is 1.50 bits per heavy atom. The lowest BCUT2D eigenvalue weighted by Gasteiger charge is -2.34. The van der Waals surface area contributed by atoms with Crippen LogP contribution in [0.2, 0.25) is 0 Å². The van der Waals surface area contributed by atoms with Crippen LogP contribution in [0, 0.1) is 5.82 Å². The van der Waals surface area contributed by atoms with Gasteiger partial charge in [-0.1, -0.05) is 15.9 Å². The Morgan fingerprint density at radius 2 is 2.22 bits per heavy atom. The molecule has 1 N–H and O–H groups in total. The minimum absolute atomic E-state index is 0. The fraction of sp³-hybridized carbons (Fsp3) is 0.417. The van der Waals surface area contributed by atoms with E-state index < -0.39 is 5.82 Å². The van der Waals surface area contributed by atoms with E-state index in [2.05, 4.69) is 21.2 Å². The number of hydrogen-bond donors (Lipinski definition) is 1. The average molecular weight is 338 g/mol. The van der Waals surface area contributed by atoms with Gasteiger partial charge in [-0.2, -0.15) is 0 Å². The molecule has 100 valence electrons. The summed E-state index contributed by atoms with van der Waals surface area (Å²) in [5, 5.41) is 3.22. The third-order valence-electron chi connectivity index (χ3n) is 2.87. The van der Waals surface area contributed by atoms with E-state index >= 15 is 0 Å². The second kappa shape index (κ2) is 6.50. The molecule has 1 aliphatic rings. The molecule has 1 saturated heterocycles. The van der Waals surface area contributed by atoms with E-state index in [4.69, 9.17) is 0 Å². The van der Waals surface area contributed by atoms with Crippen LogP contribution in [0.5, 0.6) is 0 Å². The van der Waals surface area contributed by atoms with Gasteiger partial charge in [0.15, 0.2) is 0 Å². The van der Waals surface area contributed by atoms with Gasteiger partial charge in [-0.05, 0) is 25.1 Å². The molecular formula is C12H15BrClFN2O. The van der Waals surface area contributed by atoms with Crippen LogP contribution in [0.4, 0.5) is 4.39 Å². The number of benzene rings is 1. The van der Waals surface area contributed by atoms with Crippen LogP contribution < -0.4 is 5.32 Å². The number of nitrogens with one attached hydrogen (secondary N) is 1. The average Bonchev–Trinajstić information content (AvgIpc) is 2.27. The zero-order valence-electron chi connectivity index (χ0n) is 9.95. The van der Waals surface area contributed by atoms with Gasteiger partial charge in [0.1, 0.15) is 5.82 Å². The lowest BCUT2D eigenvalue weighted by molar-refractivity contribution is 0.0655. The van der Waals surface area contributed by atoms with Gasteiger partial charge in [-0.25, -0.2) is 4.39 Å². The summed E-state index contributed by atoms with van der Waals surface area (Å²) in [6.45, 7) is 4.21. The molecule has 1 aromatic rings. The molecule has 0 unspecified atom stereocenters. The number of carbonyl (C=O) groups excluding carboxylic acids is 1. The standard InChI is InChI=1S/C12H14BrFN2O.ClH/c1-8-7-15-2-3-16(8)12(17)9-4-10(13)6-11(14)5-9;/h4-6,8,15H,2-3,7H2,1H3;1H/t8-;/m1./s1. The molecule has 0 spiro atoms. The van der Waals surface area contributed by atoms with Crippen molar-refractivity contribution >= 4 is 34.2 Å². The maximum Gasteiger partial charge on any atom is 0.254 e. The maximum absolute atomic E-state index is 13.2. The molecule has 3 nitrogen and oxygen atoms in total. The lowest BCUT2D eigenvalue weighted by Crippen LogP contribution is -2.52. The SMILES string of the molecule is C[C@@H]1CNCCN1C(=O)c1cc(F)cc(Br)c1.Cl. The van der Waals surface area contributed by atoms with Crippen molar-refractivity contribution in [1.29, 1.82) is 0 Å². The van der Waals surface area contributed by atoms with Crippen molar-refractivity contribution in [3.8, 4) is 0 Å². The Bertz CT molecular complexity index is 424. The van der Waals surface area contributed by atoms with E-state index in [-0.39, 0.29) is 24.4 Å². The number of rotatable bonds is 1. The monoisotopic (exact) mass is 336 g/mol. The zero-order valence-corrected chi connectivity index (χ0v) is 12.4. The first kappa shape index (κ1) is 15.4. The summed E-state index contributed by atoms with van der Waals surface area (Å²) >= 11 is 3.20. The van der Waals surface area contributed by atoms with Gasteiger partial charge < -0.3 is 10.2 Å². The normalized spacial score (nSPS) is 19.3. The Morgan fingerprint density at radius 3 is 2.83 bits per heavy atom. The van der Waals surface area contributed by atoms with Crippen LogP contribution in [-0.2, 0) is 0 Å². The smallest absolute Gasteiger partial charge is 0.254 e. The minimum Gasteiger partial charge on any atom is -0.333 e. The summed E-state index contributed by atoms with van der Waals surface area (Å²) in [7, 11) is 0. The number of piperazine rings is 1. The zero-order chi connectivity index (χ0) is 12.4. The summed E-state index contributed by atoms with van der Waals surface area (Å²) in [6.07, 6.45) is 0.